The molecule has 0 amide bonds. The minimum absolute atomic E-state index is 0.243. The van der Waals surface area contributed by atoms with Crippen LogP contribution in [0.1, 0.15) is 5.69 Å². The van der Waals surface area contributed by atoms with Crippen LogP contribution in [0.15, 0.2) is 41.2 Å². The van der Waals surface area contributed by atoms with Crippen molar-refractivity contribution in [3.8, 4) is 11.1 Å². The molecule has 3 nitrogen and oxygen atoms in total. The third kappa shape index (κ3) is 1.87. The Hall–Kier alpha value is -1.94. The number of aliphatic hydroxyl groups is 1. The molecular formula is C12H10FNO2. The summed E-state index contributed by atoms with van der Waals surface area (Å²) in [5, 5.41) is 8.83. The van der Waals surface area contributed by atoms with E-state index in [2.05, 4.69) is 4.98 Å². The van der Waals surface area contributed by atoms with Crippen LogP contribution in [0.5, 0.6) is 0 Å². The molecule has 1 heterocycles. The predicted octanol–water partition coefficient (Wildman–Crippen LogP) is 1.67. The van der Waals surface area contributed by atoms with E-state index in [0.717, 1.165) is 0 Å². The molecule has 2 rings (SSSR count). The largest absolute Gasteiger partial charge is 0.390 e. The quantitative estimate of drug-likeness (QED) is 0.807. The molecule has 0 bridgehead atoms. The van der Waals surface area contributed by atoms with E-state index in [9.17, 15) is 9.18 Å². The number of rotatable bonds is 2. The van der Waals surface area contributed by atoms with Crippen LogP contribution in [0.25, 0.3) is 11.1 Å². The van der Waals surface area contributed by atoms with Gasteiger partial charge in [0.2, 0.25) is 0 Å². The van der Waals surface area contributed by atoms with Crippen LogP contribution in [0, 0.1) is 5.82 Å². The second-order valence-electron chi connectivity index (χ2n) is 3.36. The van der Waals surface area contributed by atoms with Crippen molar-refractivity contribution >= 4 is 0 Å². The van der Waals surface area contributed by atoms with Gasteiger partial charge in [0.05, 0.1) is 6.61 Å². The topological polar surface area (TPSA) is 53.1 Å². The van der Waals surface area contributed by atoms with Crippen molar-refractivity contribution in [1.29, 1.82) is 0 Å². The molecule has 1 aromatic heterocycles. The second-order valence-corrected chi connectivity index (χ2v) is 3.36. The number of hydrogen-bond donors (Lipinski definition) is 2. The van der Waals surface area contributed by atoms with Crippen LogP contribution in [0.4, 0.5) is 4.39 Å². The summed E-state index contributed by atoms with van der Waals surface area (Å²) >= 11 is 0. The monoisotopic (exact) mass is 219 g/mol. The van der Waals surface area contributed by atoms with Gasteiger partial charge in [-0.05, 0) is 18.2 Å². The molecule has 0 unspecified atom stereocenters. The summed E-state index contributed by atoms with van der Waals surface area (Å²) in [7, 11) is 0. The molecule has 2 aromatic rings. The van der Waals surface area contributed by atoms with Crippen LogP contribution in [-0.2, 0) is 6.61 Å². The summed E-state index contributed by atoms with van der Waals surface area (Å²) in [6.45, 7) is -0.243. The predicted molar refractivity (Wildman–Crippen MR) is 58.4 cm³/mol. The Morgan fingerprint density at radius 2 is 1.88 bits per heavy atom. The molecule has 0 aliphatic rings. The number of H-pyrrole nitrogens is 1. The van der Waals surface area contributed by atoms with E-state index in [1.165, 1.54) is 12.1 Å². The number of aliphatic hydroxyl groups excluding tert-OH is 1. The molecule has 0 saturated heterocycles. The SMILES string of the molecule is O=c1[nH]c(CO)ccc1-c1ccccc1F. The van der Waals surface area contributed by atoms with E-state index < -0.39 is 11.4 Å². The standard InChI is InChI=1S/C12H10FNO2/c13-11-4-2-1-3-9(11)10-6-5-8(7-15)14-12(10)16/h1-6,15H,7H2,(H,14,16). The zero-order valence-electron chi connectivity index (χ0n) is 8.40. The fourth-order valence-corrected chi connectivity index (χ4v) is 1.50. The first-order valence-corrected chi connectivity index (χ1v) is 4.80. The Bertz CT molecular complexity index is 563. The van der Waals surface area contributed by atoms with Crippen molar-refractivity contribution in [2.45, 2.75) is 6.61 Å². The van der Waals surface area contributed by atoms with Crippen LogP contribution in [0.3, 0.4) is 0 Å². The van der Waals surface area contributed by atoms with Gasteiger partial charge in [0, 0.05) is 16.8 Å². The molecule has 0 spiro atoms. The molecule has 0 aliphatic carbocycles. The van der Waals surface area contributed by atoms with Gasteiger partial charge in [-0.15, -0.1) is 0 Å². The summed E-state index contributed by atoms with van der Waals surface area (Å²) < 4.78 is 13.4. The Morgan fingerprint density at radius 1 is 1.12 bits per heavy atom. The van der Waals surface area contributed by atoms with Gasteiger partial charge < -0.3 is 10.1 Å². The van der Waals surface area contributed by atoms with Crippen molar-refractivity contribution in [1.82, 2.24) is 4.98 Å². The van der Waals surface area contributed by atoms with Crippen molar-refractivity contribution in [2.24, 2.45) is 0 Å². The Kier molecular flexibility index (Phi) is 2.83. The number of halogens is 1. The minimum atomic E-state index is -0.440. The Labute approximate surface area is 91.2 Å². The number of aromatic nitrogens is 1. The van der Waals surface area contributed by atoms with Gasteiger partial charge in [0.25, 0.3) is 5.56 Å². The van der Waals surface area contributed by atoms with Crippen molar-refractivity contribution in [2.75, 3.05) is 0 Å². The third-order valence-electron chi connectivity index (χ3n) is 2.30. The number of nitrogens with one attached hydrogen (secondary N) is 1. The van der Waals surface area contributed by atoms with Crippen molar-refractivity contribution in [3.63, 3.8) is 0 Å². The first kappa shape index (κ1) is 10.6. The number of benzene rings is 1. The average Bonchev–Trinajstić information content (AvgIpc) is 2.30. The highest BCUT2D eigenvalue weighted by Crippen LogP contribution is 2.18. The molecule has 2 N–H and O–H groups in total. The summed E-state index contributed by atoms with van der Waals surface area (Å²) in [6.07, 6.45) is 0. The molecule has 0 atom stereocenters. The molecule has 16 heavy (non-hydrogen) atoms. The summed E-state index contributed by atoms with van der Waals surface area (Å²) in [5.74, 6) is -0.440. The summed E-state index contributed by atoms with van der Waals surface area (Å²) in [5.41, 5.74) is 0.519. The summed E-state index contributed by atoms with van der Waals surface area (Å²) in [6, 6.07) is 9.13. The van der Waals surface area contributed by atoms with E-state index in [4.69, 9.17) is 5.11 Å². The fraction of sp³-hybridized carbons (Fsp3) is 0.0833. The Balaban J connectivity index is 2.58. The van der Waals surface area contributed by atoms with E-state index in [0.29, 0.717) is 5.69 Å². The first-order chi connectivity index (χ1) is 7.72. The molecule has 0 aliphatic heterocycles. The molecular weight excluding hydrogens is 209 g/mol. The van der Waals surface area contributed by atoms with Crippen LogP contribution in [0.2, 0.25) is 0 Å². The van der Waals surface area contributed by atoms with Crippen LogP contribution >= 0.6 is 0 Å². The normalized spacial score (nSPS) is 10.4. The van der Waals surface area contributed by atoms with Gasteiger partial charge in [-0.3, -0.25) is 4.79 Å². The van der Waals surface area contributed by atoms with Gasteiger partial charge in [-0.25, -0.2) is 4.39 Å². The highest BCUT2D eigenvalue weighted by atomic mass is 19.1. The zero-order chi connectivity index (χ0) is 11.5. The maximum atomic E-state index is 13.4. The molecule has 0 radical (unpaired) electrons. The molecule has 82 valence electrons. The fourth-order valence-electron chi connectivity index (χ4n) is 1.50. The Morgan fingerprint density at radius 3 is 2.50 bits per heavy atom. The second kappa shape index (κ2) is 4.28. The first-order valence-electron chi connectivity index (χ1n) is 4.80. The van der Waals surface area contributed by atoms with Crippen molar-refractivity contribution in [3.05, 3.63) is 58.3 Å². The van der Waals surface area contributed by atoms with Gasteiger partial charge in [-0.1, -0.05) is 18.2 Å². The van der Waals surface area contributed by atoms with E-state index in [-0.39, 0.29) is 17.7 Å². The molecule has 0 saturated carbocycles. The maximum Gasteiger partial charge on any atom is 0.256 e. The average molecular weight is 219 g/mol. The third-order valence-corrected chi connectivity index (χ3v) is 2.30. The zero-order valence-corrected chi connectivity index (χ0v) is 8.40. The maximum absolute atomic E-state index is 13.4. The minimum Gasteiger partial charge on any atom is -0.390 e. The van der Waals surface area contributed by atoms with E-state index in [1.807, 2.05) is 0 Å². The van der Waals surface area contributed by atoms with Gasteiger partial charge >= 0.3 is 0 Å². The number of aromatic amines is 1. The van der Waals surface area contributed by atoms with Crippen LogP contribution in [-0.4, -0.2) is 10.1 Å². The van der Waals surface area contributed by atoms with Crippen molar-refractivity contribution < 1.29 is 9.50 Å². The highest BCUT2D eigenvalue weighted by Gasteiger charge is 2.08. The van der Waals surface area contributed by atoms with Gasteiger partial charge in [0.1, 0.15) is 5.82 Å². The highest BCUT2D eigenvalue weighted by molar-refractivity contribution is 5.62. The molecule has 1 aromatic carbocycles. The summed E-state index contributed by atoms with van der Waals surface area (Å²) in [4.78, 5) is 14.1. The lowest BCUT2D eigenvalue weighted by Crippen LogP contribution is -2.11. The van der Waals surface area contributed by atoms with E-state index in [1.54, 1.807) is 24.3 Å². The van der Waals surface area contributed by atoms with E-state index >= 15 is 0 Å². The van der Waals surface area contributed by atoms with Gasteiger partial charge in [0.15, 0.2) is 0 Å². The lowest BCUT2D eigenvalue weighted by atomic mass is 10.1. The number of pyridine rings is 1. The van der Waals surface area contributed by atoms with Gasteiger partial charge in [-0.2, -0.15) is 0 Å². The smallest absolute Gasteiger partial charge is 0.256 e. The lowest BCUT2D eigenvalue weighted by molar-refractivity contribution is 0.276. The lowest BCUT2D eigenvalue weighted by Gasteiger charge is -2.03. The van der Waals surface area contributed by atoms with Crippen LogP contribution < -0.4 is 5.56 Å². The molecule has 0 fully saturated rings. The molecule has 4 heteroatoms. The number of hydrogen-bond acceptors (Lipinski definition) is 2.